The van der Waals surface area contributed by atoms with Crippen LogP contribution in [0, 0.1) is 6.92 Å². The lowest BCUT2D eigenvalue weighted by molar-refractivity contribution is 0.415. The molecular weight excluding hydrogens is 443 g/mol. The van der Waals surface area contributed by atoms with Crippen LogP contribution < -0.4 is 21.3 Å². The predicted octanol–water partition coefficient (Wildman–Crippen LogP) is 2.90. The highest BCUT2D eigenvalue weighted by molar-refractivity contribution is 14.0. The molecule has 24 heavy (non-hydrogen) atoms. The van der Waals surface area contributed by atoms with Crippen molar-refractivity contribution in [3.8, 4) is 5.75 Å². The molecule has 1 heterocycles. The van der Waals surface area contributed by atoms with E-state index in [1.807, 2.05) is 13.0 Å². The second kappa shape index (κ2) is 8.93. The Morgan fingerprint density at radius 2 is 2.08 bits per heavy atom. The van der Waals surface area contributed by atoms with Crippen LogP contribution in [0.3, 0.4) is 0 Å². The number of aromatic nitrogens is 1. The number of nitrogens with one attached hydrogen (secondary N) is 1. The van der Waals surface area contributed by atoms with Gasteiger partial charge in [-0.05, 0) is 37.3 Å². The zero-order valence-corrected chi connectivity index (χ0v) is 16.8. The molecule has 0 saturated carbocycles. The molecule has 0 radical (unpaired) electrons. The Balaban J connectivity index is 0.00000288. The molecule has 6 nitrogen and oxygen atoms in total. The normalized spacial score (nSPS) is 10.9. The topological polar surface area (TPSA) is 81.6 Å². The van der Waals surface area contributed by atoms with Gasteiger partial charge in [-0.15, -0.1) is 24.0 Å². The van der Waals surface area contributed by atoms with Crippen molar-refractivity contribution in [3.05, 3.63) is 57.0 Å². The number of guanidine groups is 1. The Labute approximate surface area is 162 Å². The summed E-state index contributed by atoms with van der Waals surface area (Å²) in [6.07, 6.45) is 0. The summed E-state index contributed by atoms with van der Waals surface area (Å²) < 4.78 is 6.67. The third kappa shape index (κ3) is 4.88. The van der Waals surface area contributed by atoms with E-state index in [4.69, 9.17) is 22.1 Å². The molecule has 0 bridgehead atoms. The lowest BCUT2D eigenvalue weighted by atomic mass is 10.2. The fourth-order valence-corrected chi connectivity index (χ4v) is 2.26. The van der Waals surface area contributed by atoms with Gasteiger partial charge < -0.3 is 20.4 Å². The van der Waals surface area contributed by atoms with Crippen LogP contribution in [-0.2, 0) is 13.6 Å². The molecule has 3 N–H and O–H groups in total. The summed E-state index contributed by atoms with van der Waals surface area (Å²) >= 11 is 6.05. The van der Waals surface area contributed by atoms with Gasteiger partial charge in [-0.3, -0.25) is 4.79 Å². The highest BCUT2D eigenvalue weighted by atomic mass is 127. The molecule has 0 aliphatic heterocycles. The van der Waals surface area contributed by atoms with Gasteiger partial charge in [0.05, 0.1) is 18.7 Å². The van der Waals surface area contributed by atoms with Gasteiger partial charge in [0.15, 0.2) is 5.96 Å². The van der Waals surface area contributed by atoms with Crippen LogP contribution in [0.15, 0.2) is 40.1 Å². The van der Waals surface area contributed by atoms with Crippen LogP contribution in [0.4, 0.5) is 5.69 Å². The number of nitrogens with two attached hydrogens (primary N) is 1. The Bertz CT molecular complexity index is 805. The third-order valence-electron chi connectivity index (χ3n) is 3.48. The van der Waals surface area contributed by atoms with Gasteiger partial charge in [0.2, 0.25) is 0 Å². The number of benzene rings is 1. The molecule has 0 unspecified atom stereocenters. The number of anilines is 1. The molecule has 0 atom stereocenters. The van der Waals surface area contributed by atoms with Crippen molar-refractivity contribution >= 4 is 47.2 Å². The van der Waals surface area contributed by atoms with Crippen LogP contribution >= 0.6 is 35.6 Å². The number of nitrogens with zero attached hydrogens (tertiary/aromatic N) is 2. The van der Waals surface area contributed by atoms with Crippen LogP contribution in [0.25, 0.3) is 0 Å². The van der Waals surface area contributed by atoms with Crippen LogP contribution in [0.1, 0.15) is 11.3 Å². The number of methoxy groups -OCH3 is 1. The molecule has 2 aromatic rings. The molecule has 0 aliphatic carbocycles. The first kappa shape index (κ1) is 20.3. The second-order valence-corrected chi connectivity index (χ2v) is 5.45. The van der Waals surface area contributed by atoms with Gasteiger partial charge in [-0.2, -0.15) is 0 Å². The minimum Gasteiger partial charge on any atom is -0.495 e. The molecule has 2 rings (SSSR count). The largest absolute Gasteiger partial charge is 0.495 e. The Hall–Kier alpha value is -1.74. The van der Waals surface area contributed by atoms with E-state index in [0.717, 1.165) is 5.69 Å². The molecular formula is C16H20ClIN4O2. The number of pyridine rings is 1. The van der Waals surface area contributed by atoms with E-state index in [0.29, 0.717) is 22.0 Å². The van der Waals surface area contributed by atoms with Crippen molar-refractivity contribution in [1.82, 2.24) is 4.57 Å². The number of halogens is 2. The van der Waals surface area contributed by atoms with Gasteiger partial charge in [0.25, 0.3) is 5.56 Å². The SMILES string of the molecule is COc1ccc(NC(N)=NCc2ccc(C)n(C)c2=O)cc1Cl.I. The molecule has 130 valence electrons. The highest BCUT2D eigenvalue weighted by Gasteiger charge is 2.05. The average Bonchev–Trinajstić information content (AvgIpc) is 2.52. The van der Waals surface area contributed by atoms with E-state index >= 15 is 0 Å². The molecule has 0 amide bonds. The minimum atomic E-state index is -0.0750. The standard InChI is InChI=1S/C16H19ClN4O2.HI/c1-10-4-5-11(15(22)21(10)2)9-19-16(18)20-12-6-7-14(23-3)13(17)8-12;/h4-8H,9H2,1-3H3,(H3,18,19,20);1H. The minimum absolute atomic E-state index is 0. The fourth-order valence-electron chi connectivity index (χ4n) is 2.00. The Kier molecular flexibility index (Phi) is 7.56. The number of rotatable bonds is 4. The maximum absolute atomic E-state index is 12.1. The van der Waals surface area contributed by atoms with Crippen LogP contribution in [0.2, 0.25) is 5.02 Å². The molecule has 8 heteroatoms. The molecule has 0 aliphatic rings. The van der Waals surface area contributed by atoms with Gasteiger partial charge >= 0.3 is 0 Å². The van der Waals surface area contributed by atoms with Gasteiger partial charge in [0, 0.05) is 24.0 Å². The fraction of sp³-hybridized carbons (Fsp3) is 0.250. The molecule has 0 spiro atoms. The number of hydrogen-bond donors (Lipinski definition) is 2. The van der Waals surface area contributed by atoms with Crippen molar-refractivity contribution in [2.75, 3.05) is 12.4 Å². The summed E-state index contributed by atoms with van der Waals surface area (Å²) in [6, 6.07) is 8.83. The van der Waals surface area contributed by atoms with Crippen molar-refractivity contribution < 1.29 is 4.74 Å². The quantitative estimate of drug-likeness (QED) is 0.416. The molecule has 1 aromatic carbocycles. The van der Waals surface area contributed by atoms with E-state index in [1.54, 1.807) is 43.0 Å². The number of ether oxygens (including phenoxy) is 1. The van der Waals surface area contributed by atoms with E-state index in [2.05, 4.69) is 10.3 Å². The summed E-state index contributed by atoms with van der Waals surface area (Å²) in [7, 11) is 3.28. The first-order chi connectivity index (χ1) is 10.9. The summed E-state index contributed by atoms with van der Waals surface area (Å²) in [5, 5.41) is 3.40. The maximum Gasteiger partial charge on any atom is 0.255 e. The van der Waals surface area contributed by atoms with Gasteiger partial charge in [0.1, 0.15) is 5.75 Å². The monoisotopic (exact) mass is 462 g/mol. The molecule has 0 saturated heterocycles. The van der Waals surface area contributed by atoms with E-state index < -0.39 is 0 Å². The summed E-state index contributed by atoms with van der Waals surface area (Å²) in [4.78, 5) is 16.3. The molecule has 0 fully saturated rings. The zero-order chi connectivity index (χ0) is 17.0. The van der Waals surface area contributed by atoms with Gasteiger partial charge in [-0.25, -0.2) is 4.99 Å². The smallest absolute Gasteiger partial charge is 0.255 e. The van der Waals surface area contributed by atoms with E-state index in [1.165, 1.54) is 0 Å². The van der Waals surface area contributed by atoms with Crippen molar-refractivity contribution in [1.29, 1.82) is 0 Å². The van der Waals surface area contributed by atoms with Crippen molar-refractivity contribution in [2.24, 2.45) is 17.8 Å². The van der Waals surface area contributed by atoms with E-state index in [9.17, 15) is 4.79 Å². The van der Waals surface area contributed by atoms with Crippen LogP contribution in [0.5, 0.6) is 5.75 Å². The lowest BCUT2D eigenvalue weighted by Crippen LogP contribution is -2.25. The summed E-state index contributed by atoms with van der Waals surface area (Å²) in [5.41, 5.74) is 7.93. The summed E-state index contributed by atoms with van der Waals surface area (Å²) in [6.45, 7) is 2.08. The Morgan fingerprint density at radius 3 is 2.71 bits per heavy atom. The third-order valence-corrected chi connectivity index (χ3v) is 3.77. The van der Waals surface area contributed by atoms with E-state index in [-0.39, 0.29) is 42.0 Å². The second-order valence-electron chi connectivity index (χ2n) is 5.04. The lowest BCUT2D eigenvalue weighted by Gasteiger charge is -2.09. The van der Waals surface area contributed by atoms with Gasteiger partial charge in [-0.1, -0.05) is 11.6 Å². The molecule has 1 aromatic heterocycles. The van der Waals surface area contributed by atoms with Crippen LogP contribution in [-0.4, -0.2) is 17.6 Å². The first-order valence-electron chi connectivity index (χ1n) is 6.98. The predicted molar refractivity (Wildman–Crippen MR) is 109 cm³/mol. The zero-order valence-electron chi connectivity index (χ0n) is 13.7. The number of aryl methyl sites for hydroxylation is 1. The first-order valence-corrected chi connectivity index (χ1v) is 7.36. The average molecular weight is 463 g/mol. The number of hydrogen-bond acceptors (Lipinski definition) is 3. The Morgan fingerprint density at radius 1 is 1.38 bits per heavy atom. The van der Waals surface area contributed by atoms with Crippen molar-refractivity contribution in [2.45, 2.75) is 13.5 Å². The maximum atomic E-state index is 12.1. The highest BCUT2D eigenvalue weighted by Crippen LogP contribution is 2.26. The van der Waals surface area contributed by atoms with Crippen molar-refractivity contribution in [3.63, 3.8) is 0 Å². The number of aliphatic imine (C=N–C) groups is 1. The summed E-state index contributed by atoms with van der Waals surface area (Å²) in [5.74, 6) is 0.782.